The van der Waals surface area contributed by atoms with Crippen LogP contribution in [0.3, 0.4) is 0 Å². The summed E-state index contributed by atoms with van der Waals surface area (Å²) < 4.78 is 11.7. The second-order valence-electron chi connectivity index (χ2n) is 7.32. The maximum Gasteiger partial charge on any atom is 0.297 e. The highest BCUT2D eigenvalue weighted by Crippen LogP contribution is 2.29. The summed E-state index contributed by atoms with van der Waals surface area (Å²) in [6.07, 6.45) is 0. The van der Waals surface area contributed by atoms with E-state index in [1.165, 1.54) is 0 Å². The lowest BCUT2D eigenvalue weighted by molar-refractivity contribution is -0.117. The first-order valence-electron chi connectivity index (χ1n) is 9.76. The number of nitrogens with one attached hydrogen (secondary N) is 1. The van der Waals surface area contributed by atoms with Gasteiger partial charge in [0.1, 0.15) is 23.7 Å². The molecule has 2 heterocycles. The molecule has 0 spiro atoms. The SMILES string of the molecule is COc1cccc(-c2nn(CC(=O)Nc3c(C)cccc3C)c(=O)c3noc(C)c23)c1. The second-order valence-corrected chi connectivity index (χ2v) is 7.32. The van der Waals surface area contributed by atoms with Gasteiger partial charge in [-0.15, -0.1) is 0 Å². The number of aryl methyl sites for hydroxylation is 3. The number of benzene rings is 2. The van der Waals surface area contributed by atoms with Crippen molar-refractivity contribution in [1.82, 2.24) is 14.9 Å². The molecule has 0 aliphatic carbocycles. The summed E-state index contributed by atoms with van der Waals surface area (Å²) in [5.41, 5.74) is 3.46. The van der Waals surface area contributed by atoms with Crippen LogP contribution in [0, 0.1) is 20.8 Å². The molecule has 8 heteroatoms. The van der Waals surface area contributed by atoms with Crippen molar-refractivity contribution in [1.29, 1.82) is 0 Å². The molecule has 2 aromatic carbocycles. The summed E-state index contributed by atoms with van der Waals surface area (Å²) >= 11 is 0. The molecule has 8 nitrogen and oxygen atoms in total. The van der Waals surface area contributed by atoms with Crippen molar-refractivity contribution >= 4 is 22.5 Å². The van der Waals surface area contributed by atoms with Crippen molar-refractivity contribution in [2.75, 3.05) is 12.4 Å². The normalized spacial score (nSPS) is 11.0. The minimum Gasteiger partial charge on any atom is -0.497 e. The summed E-state index contributed by atoms with van der Waals surface area (Å²) in [7, 11) is 1.58. The van der Waals surface area contributed by atoms with Crippen LogP contribution >= 0.6 is 0 Å². The maximum absolute atomic E-state index is 12.9. The monoisotopic (exact) mass is 418 g/mol. The lowest BCUT2D eigenvalue weighted by Gasteiger charge is -2.13. The number of aromatic nitrogens is 3. The van der Waals surface area contributed by atoms with Crippen LogP contribution in [0.15, 0.2) is 51.8 Å². The second kappa shape index (κ2) is 8.06. The Balaban J connectivity index is 1.77. The topological polar surface area (TPSA) is 99.2 Å². The van der Waals surface area contributed by atoms with Gasteiger partial charge in [0.05, 0.1) is 12.5 Å². The number of amides is 1. The molecule has 0 radical (unpaired) electrons. The van der Waals surface area contributed by atoms with Gasteiger partial charge in [0.2, 0.25) is 5.91 Å². The Morgan fingerprint density at radius 3 is 2.55 bits per heavy atom. The molecule has 0 saturated heterocycles. The highest BCUT2D eigenvalue weighted by atomic mass is 16.5. The number of anilines is 1. The third-order valence-electron chi connectivity index (χ3n) is 5.14. The minimum absolute atomic E-state index is 0.130. The molecule has 0 atom stereocenters. The molecular formula is C23H22N4O4. The molecule has 2 aromatic heterocycles. The smallest absolute Gasteiger partial charge is 0.297 e. The number of carbonyl (C=O) groups excluding carboxylic acids is 1. The molecule has 158 valence electrons. The van der Waals surface area contributed by atoms with Gasteiger partial charge >= 0.3 is 0 Å². The average molecular weight is 418 g/mol. The zero-order chi connectivity index (χ0) is 22.1. The van der Waals surface area contributed by atoms with Crippen molar-refractivity contribution in [3.05, 3.63) is 69.7 Å². The first kappa shape index (κ1) is 20.3. The predicted molar refractivity (Wildman–Crippen MR) is 117 cm³/mol. The van der Waals surface area contributed by atoms with Gasteiger partial charge in [-0.05, 0) is 44.0 Å². The lowest BCUT2D eigenvalue weighted by Crippen LogP contribution is -2.30. The van der Waals surface area contributed by atoms with E-state index in [1.807, 2.05) is 50.2 Å². The Morgan fingerprint density at radius 1 is 1.13 bits per heavy atom. The number of methoxy groups -OCH3 is 1. The molecule has 1 N–H and O–H groups in total. The van der Waals surface area contributed by atoms with Crippen LogP contribution < -0.4 is 15.6 Å². The quantitative estimate of drug-likeness (QED) is 0.531. The highest BCUT2D eigenvalue weighted by molar-refractivity contribution is 5.94. The van der Waals surface area contributed by atoms with Crippen molar-refractivity contribution in [2.45, 2.75) is 27.3 Å². The van der Waals surface area contributed by atoms with Crippen molar-refractivity contribution in [2.24, 2.45) is 0 Å². The van der Waals surface area contributed by atoms with E-state index in [2.05, 4.69) is 15.6 Å². The van der Waals surface area contributed by atoms with Crippen LogP contribution in [0.2, 0.25) is 0 Å². The number of fused-ring (bicyclic) bond motifs is 1. The van der Waals surface area contributed by atoms with Gasteiger partial charge in [-0.1, -0.05) is 35.5 Å². The Kier molecular flexibility index (Phi) is 5.29. The summed E-state index contributed by atoms with van der Waals surface area (Å²) in [6, 6.07) is 13.1. The van der Waals surface area contributed by atoms with E-state index < -0.39 is 5.56 Å². The predicted octanol–water partition coefficient (Wildman–Crippen LogP) is 3.62. The van der Waals surface area contributed by atoms with Gasteiger partial charge in [-0.2, -0.15) is 5.10 Å². The number of para-hydroxylation sites is 1. The maximum atomic E-state index is 12.9. The largest absolute Gasteiger partial charge is 0.497 e. The third kappa shape index (κ3) is 3.79. The molecule has 0 bridgehead atoms. The molecule has 1 amide bonds. The van der Waals surface area contributed by atoms with Crippen LogP contribution in [0.1, 0.15) is 16.9 Å². The Morgan fingerprint density at radius 2 is 1.84 bits per heavy atom. The first-order chi connectivity index (χ1) is 14.9. The summed E-state index contributed by atoms with van der Waals surface area (Å²) in [4.78, 5) is 25.7. The Labute approximate surface area is 178 Å². The molecule has 0 aliphatic rings. The van der Waals surface area contributed by atoms with Crippen LogP contribution in [0.4, 0.5) is 5.69 Å². The third-order valence-corrected chi connectivity index (χ3v) is 5.14. The molecular weight excluding hydrogens is 396 g/mol. The van der Waals surface area contributed by atoms with Crippen LogP contribution in [-0.2, 0) is 11.3 Å². The van der Waals surface area contributed by atoms with Crippen LogP contribution in [0.25, 0.3) is 22.2 Å². The molecule has 0 saturated carbocycles. The summed E-state index contributed by atoms with van der Waals surface area (Å²) in [6.45, 7) is 5.29. The zero-order valence-corrected chi connectivity index (χ0v) is 17.7. The van der Waals surface area contributed by atoms with E-state index in [9.17, 15) is 9.59 Å². The van der Waals surface area contributed by atoms with Gasteiger partial charge in [-0.25, -0.2) is 4.68 Å². The Hall–Kier alpha value is -3.94. The van der Waals surface area contributed by atoms with Gasteiger partial charge in [0.15, 0.2) is 5.52 Å². The van der Waals surface area contributed by atoms with Crippen LogP contribution in [0.5, 0.6) is 5.75 Å². The number of hydrogen-bond donors (Lipinski definition) is 1. The van der Waals surface area contributed by atoms with E-state index in [0.717, 1.165) is 27.1 Å². The van der Waals surface area contributed by atoms with Gasteiger partial charge in [-0.3, -0.25) is 9.59 Å². The standard InChI is InChI=1S/C23H22N4O4/c1-13-7-5-8-14(2)20(13)24-18(28)12-27-23(29)22-19(15(3)31-26-22)21(25-27)16-9-6-10-17(11-16)30-4/h5-11H,12H2,1-4H3,(H,24,28). The van der Waals surface area contributed by atoms with Gasteiger partial charge in [0, 0.05) is 11.3 Å². The molecule has 0 unspecified atom stereocenters. The average Bonchev–Trinajstić information content (AvgIpc) is 3.15. The number of carbonyl (C=O) groups is 1. The fraction of sp³-hybridized carbons (Fsp3) is 0.217. The number of ether oxygens (including phenoxy) is 1. The summed E-state index contributed by atoms with van der Waals surface area (Å²) in [5.74, 6) is 0.764. The number of nitrogens with zero attached hydrogens (tertiary/aromatic N) is 3. The molecule has 0 fully saturated rings. The summed E-state index contributed by atoms with van der Waals surface area (Å²) in [5, 5.41) is 11.8. The first-order valence-corrected chi connectivity index (χ1v) is 9.76. The minimum atomic E-state index is -0.491. The molecule has 4 rings (SSSR count). The van der Waals surface area contributed by atoms with E-state index in [-0.39, 0.29) is 18.0 Å². The van der Waals surface area contributed by atoms with E-state index in [1.54, 1.807) is 20.1 Å². The Bertz CT molecular complexity index is 1330. The number of hydrogen-bond acceptors (Lipinski definition) is 6. The number of rotatable bonds is 5. The van der Waals surface area contributed by atoms with Crippen molar-refractivity contribution in [3.8, 4) is 17.0 Å². The van der Waals surface area contributed by atoms with E-state index in [4.69, 9.17) is 9.26 Å². The highest BCUT2D eigenvalue weighted by Gasteiger charge is 2.20. The molecule has 31 heavy (non-hydrogen) atoms. The molecule has 4 aromatic rings. The molecule has 0 aliphatic heterocycles. The fourth-order valence-corrected chi connectivity index (χ4v) is 3.54. The van der Waals surface area contributed by atoms with Gasteiger partial charge < -0.3 is 14.6 Å². The van der Waals surface area contributed by atoms with Crippen molar-refractivity contribution in [3.63, 3.8) is 0 Å². The van der Waals surface area contributed by atoms with E-state index in [0.29, 0.717) is 22.6 Å². The fourth-order valence-electron chi connectivity index (χ4n) is 3.54. The van der Waals surface area contributed by atoms with Crippen LogP contribution in [-0.4, -0.2) is 28.0 Å². The van der Waals surface area contributed by atoms with Crippen molar-refractivity contribution < 1.29 is 14.1 Å². The van der Waals surface area contributed by atoms with Gasteiger partial charge in [0.25, 0.3) is 5.56 Å². The lowest BCUT2D eigenvalue weighted by atomic mass is 10.1. The van der Waals surface area contributed by atoms with E-state index >= 15 is 0 Å². The zero-order valence-electron chi connectivity index (χ0n) is 17.7.